The largest absolute Gasteiger partial charge is 0.378 e. The Kier molecular flexibility index (Phi) is 6.09. The number of hydrogen-bond acceptors (Lipinski definition) is 4. The number of pyridine rings is 1. The van der Waals surface area contributed by atoms with Gasteiger partial charge in [0.15, 0.2) is 0 Å². The zero-order chi connectivity index (χ0) is 17.5. The van der Waals surface area contributed by atoms with Crippen molar-refractivity contribution in [3.05, 3.63) is 65.7 Å². The molecule has 1 saturated heterocycles. The number of hydrogen-bond donors (Lipinski definition) is 1. The van der Waals surface area contributed by atoms with E-state index in [0.29, 0.717) is 39.3 Å². The van der Waals surface area contributed by atoms with Crippen molar-refractivity contribution in [3.8, 4) is 0 Å². The number of ether oxygens (including phenoxy) is 1. The third-order valence-electron chi connectivity index (χ3n) is 4.23. The summed E-state index contributed by atoms with van der Waals surface area (Å²) < 4.78 is 18.4. The van der Waals surface area contributed by atoms with Gasteiger partial charge in [-0.2, -0.15) is 0 Å². The lowest BCUT2D eigenvalue weighted by Crippen LogP contribution is -2.41. The maximum absolute atomic E-state index is 13.2. The molecule has 1 fully saturated rings. The van der Waals surface area contributed by atoms with E-state index in [1.807, 2.05) is 35.2 Å². The van der Waals surface area contributed by atoms with Crippen molar-refractivity contribution in [2.75, 3.05) is 32.8 Å². The van der Waals surface area contributed by atoms with Crippen LogP contribution in [0.2, 0.25) is 0 Å². The molecule has 1 aromatic heterocycles. The minimum atomic E-state index is -0.363. The van der Waals surface area contributed by atoms with Crippen LogP contribution < -0.4 is 5.32 Å². The fourth-order valence-corrected chi connectivity index (χ4v) is 2.89. The van der Waals surface area contributed by atoms with Gasteiger partial charge in [0, 0.05) is 26.1 Å². The second-order valence-electron chi connectivity index (χ2n) is 5.94. The first-order chi connectivity index (χ1) is 12.2. The quantitative estimate of drug-likeness (QED) is 0.873. The van der Waals surface area contributed by atoms with Crippen LogP contribution in [0.3, 0.4) is 0 Å². The van der Waals surface area contributed by atoms with Crippen LogP contribution in [0.1, 0.15) is 23.7 Å². The first-order valence-electron chi connectivity index (χ1n) is 8.49. The Bertz CT molecular complexity index is 673. The number of halogens is 1. The van der Waals surface area contributed by atoms with Crippen molar-refractivity contribution in [1.82, 2.24) is 15.2 Å². The van der Waals surface area contributed by atoms with Crippen molar-refractivity contribution in [1.29, 1.82) is 0 Å². The Hall–Kier alpha value is -2.31. The van der Waals surface area contributed by atoms with E-state index < -0.39 is 0 Å². The van der Waals surface area contributed by atoms with Crippen LogP contribution in [0.5, 0.6) is 0 Å². The van der Waals surface area contributed by atoms with Gasteiger partial charge in [-0.15, -0.1) is 0 Å². The summed E-state index contributed by atoms with van der Waals surface area (Å²) in [5, 5.41) is 3.38. The Morgan fingerprint density at radius 2 is 1.96 bits per heavy atom. The fourth-order valence-electron chi connectivity index (χ4n) is 2.89. The van der Waals surface area contributed by atoms with Crippen molar-refractivity contribution in [2.45, 2.75) is 12.5 Å². The number of rotatable bonds is 6. The molecule has 1 aliphatic heterocycles. The number of amides is 1. The Labute approximate surface area is 146 Å². The summed E-state index contributed by atoms with van der Waals surface area (Å²) in [7, 11) is 0. The second kappa shape index (κ2) is 8.69. The molecule has 1 N–H and O–H groups in total. The van der Waals surface area contributed by atoms with E-state index in [1.54, 1.807) is 6.07 Å². The fraction of sp³-hybridized carbons (Fsp3) is 0.368. The van der Waals surface area contributed by atoms with Crippen LogP contribution in [0.25, 0.3) is 0 Å². The zero-order valence-electron chi connectivity index (χ0n) is 14.0. The van der Waals surface area contributed by atoms with Gasteiger partial charge in [0.05, 0.1) is 31.1 Å². The van der Waals surface area contributed by atoms with Crippen molar-refractivity contribution in [3.63, 3.8) is 0 Å². The van der Waals surface area contributed by atoms with Crippen LogP contribution in [0.15, 0.2) is 48.7 Å². The predicted octanol–water partition coefficient (Wildman–Crippen LogP) is 2.15. The number of benzene rings is 1. The Morgan fingerprint density at radius 3 is 2.64 bits per heavy atom. The van der Waals surface area contributed by atoms with Gasteiger partial charge in [0.1, 0.15) is 5.82 Å². The molecule has 5 nitrogen and oxygen atoms in total. The highest BCUT2D eigenvalue weighted by Gasteiger charge is 2.19. The first-order valence-corrected chi connectivity index (χ1v) is 8.49. The monoisotopic (exact) mass is 343 g/mol. The molecule has 1 amide bonds. The third-order valence-corrected chi connectivity index (χ3v) is 4.23. The molecule has 1 atom stereocenters. The maximum Gasteiger partial charge on any atom is 0.224 e. The van der Waals surface area contributed by atoms with Gasteiger partial charge >= 0.3 is 0 Å². The normalized spacial score (nSPS) is 15.8. The molecule has 1 aliphatic rings. The lowest BCUT2D eigenvalue weighted by Gasteiger charge is -2.27. The molecule has 0 spiro atoms. The van der Waals surface area contributed by atoms with Crippen molar-refractivity contribution < 1.29 is 13.9 Å². The van der Waals surface area contributed by atoms with Crippen LogP contribution in [0, 0.1) is 5.82 Å². The molecular formula is C19H22FN3O2. The summed E-state index contributed by atoms with van der Waals surface area (Å²) in [5.41, 5.74) is 1.76. The molecule has 0 saturated carbocycles. The summed E-state index contributed by atoms with van der Waals surface area (Å²) in [4.78, 5) is 18.3. The maximum atomic E-state index is 13.2. The van der Waals surface area contributed by atoms with Crippen LogP contribution >= 0.6 is 0 Å². The van der Waals surface area contributed by atoms with Crippen molar-refractivity contribution >= 4 is 5.91 Å². The summed E-state index contributed by atoms with van der Waals surface area (Å²) in [6, 6.07) is 12.7. The van der Waals surface area contributed by atoms with E-state index in [4.69, 9.17) is 4.74 Å². The molecule has 1 aromatic carbocycles. The molecular weight excluding hydrogens is 321 g/mol. The molecule has 6 heteroatoms. The highest BCUT2D eigenvalue weighted by molar-refractivity contribution is 5.76. The van der Waals surface area contributed by atoms with E-state index >= 15 is 0 Å². The first kappa shape index (κ1) is 17.5. The summed E-state index contributed by atoms with van der Waals surface area (Å²) in [6.45, 7) is 3.03. The summed E-state index contributed by atoms with van der Waals surface area (Å²) in [6.07, 6.45) is 1.62. The van der Waals surface area contributed by atoms with Crippen molar-refractivity contribution in [2.24, 2.45) is 0 Å². The number of nitrogens with zero attached hydrogens (tertiary/aromatic N) is 2. The van der Waals surface area contributed by atoms with Crippen LogP contribution in [-0.4, -0.2) is 48.6 Å². The van der Waals surface area contributed by atoms with E-state index in [0.717, 1.165) is 11.3 Å². The van der Waals surface area contributed by atoms with Gasteiger partial charge in [0.25, 0.3) is 0 Å². The average Bonchev–Trinajstić information content (AvgIpc) is 2.67. The Balaban J connectivity index is 1.64. The van der Waals surface area contributed by atoms with Gasteiger partial charge in [-0.05, 0) is 17.7 Å². The molecule has 1 unspecified atom stereocenters. The minimum absolute atomic E-state index is 0.120. The van der Waals surface area contributed by atoms with E-state index in [-0.39, 0.29) is 17.8 Å². The SMILES string of the molecule is O=C(CCNC(c1ccccc1)c1ccc(F)cn1)N1CCOCC1. The van der Waals surface area contributed by atoms with Gasteiger partial charge in [-0.1, -0.05) is 30.3 Å². The number of carbonyl (C=O) groups excluding carboxylic acids is 1. The van der Waals surface area contributed by atoms with E-state index in [9.17, 15) is 9.18 Å². The van der Waals surface area contributed by atoms with Gasteiger partial charge < -0.3 is 15.0 Å². The molecule has 2 aromatic rings. The highest BCUT2D eigenvalue weighted by Crippen LogP contribution is 2.20. The topological polar surface area (TPSA) is 54.5 Å². The lowest BCUT2D eigenvalue weighted by molar-refractivity contribution is -0.135. The third kappa shape index (κ3) is 4.84. The molecule has 0 radical (unpaired) electrons. The summed E-state index contributed by atoms with van der Waals surface area (Å²) in [5.74, 6) is -0.243. The Morgan fingerprint density at radius 1 is 1.20 bits per heavy atom. The molecule has 25 heavy (non-hydrogen) atoms. The zero-order valence-corrected chi connectivity index (χ0v) is 14.0. The summed E-state index contributed by atoms with van der Waals surface area (Å²) >= 11 is 0. The number of aromatic nitrogens is 1. The minimum Gasteiger partial charge on any atom is -0.378 e. The highest BCUT2D eigenvalue weighted by atomic mass is 19.1. The number of carbonyl (C=O) groups is 1. The average molecular weight is 343 g/mol. The number of nitrogens with one attached hydrogen (secondary N) is 1. The van der Waals surface area contributed by atoms with Crippen LogP contribution in [-0.2, 0) is 9.53 Å². The molecule has 3 rings (SSSR count). The predicted molar refractivity (Wildman–Crippen MR) is 92.5 cm³/mol. The molecule has 0 aliphatic carbocycles. The standard InChI is InChI=1S/C19H22FN3O2/c20-16-6-7-17(22-14-16)19(15-4-2-1-3-5-15)21-9-8-18(24)23-10-12-25-13-11-23/h1-7,14,19,21H,8-13H2. The molecule has 132 valence electrons. The van der Waals surface area contributed by atoms with Gasteiger partial charge in [-0.25, -0.2) is 4.39 Å². The van der Waals surface area contributed by atoms with Crippen LogP contribution in [0.4, 0.5) is 4.39 Å². The molecule has 2 heterocycles. The van der Waals surface area contributed by atoms with Gasteiger partial charge in [0.2, 0.25) is 5.91 Å². The second-order valence-corrected chi connectivity index (χ2v) is 5.94. The lowest BCUT2D eigenvalue weighted by atomic mass is 10.0. The molecule has 0 bridgehead atoms. The van der Waals surface area contributed by atoms with E-state index in [2.05, 4.69) is 10.3 Å². The van der Waals surface area contributed by atoms with E-state index in [1.165, 1.54) is 12.3 Å². The smallest absolute Gasteiger partial charge is 0.224 e. The number of morpholine rings is 1. The van der Waals surface area contributed by atoms with Gasteiger partial charge in [-0.3, -0.25) is 9.78 Å².